The highest BCUT2D eigenvalue weighted by atomic mass is 35.5. The highest BCUT2D eigenvalue weighted by molar-refractivity contribution is 6.30. The van der Waals surface area contributed by atoms with Crippen LogP contribution in [-0.2, 0) is 17.8 Å². The van der Waals surface area contributed by atoms with Crippen LogP contribution in [0.15, 0.2) is 48.7 Å². The summed E-state index contributed by atoms with van der Waals surface area (Å²) in [6, 6.07) is 15.1. The number of aryl methyl sites for hydroxylation is 1. The predicted octanol–water partition coefficient (Wildman–Crippen LogP) is 5.22. The van der Waals surface area contributed by atoms with Crippen molar-refractivity contribution in [3.63, 3.8) is 0 Å². The molecule has 0 unspecified atom stereocenters. The highest BCUT2D eigenvalue weighted by Crippen LogP contribution is 2.27. The lowest BCUT2D eigenvalue weighted by Crippen LogP contribution is -2.07. The van der Waals surface area contributed by atoms with Crippen molar-refractivity contribution >= 4 is 17.6 Å². The topological polar surface area (TPSA) is 75.2 Å². The summed E-state index contributed by atoms with van der Waals surface area (Å²) in [7, 11) is 0. The Labute approximate surface area is 174 Å². The highest BCUT2D eigenvalue weighted by Gasteiger charge is 2.14. The third kappa shape index (κ3) is 4.61. The van der Waals surface area contributed by atoms with Gasteiger partial charge < -0.3 is 14.4 Å². The number of rotatable bonds is 7. The molecule has 0 saturated carbocycles. The van der Waals surface area contributed by atoms with Gasteiger partial charge in [0.25, 0.3) is 0 Å². The molecule has 1 heterocycles. The Morgan fingerprint density at radius 3 is 2.52 bits per heavy atom. The molecule has 6 heteroatoms. The molecule has 29 heavy (non-hydrogen) atoms. The fourth-order valence-electron chi connectivity index (χ4n) is 3.22. The van der Waals surface area contributed by atoms with Crippen molar-refractivity contribution in [1.29, 1.82) is 5.26 Å². The van der Waals surface area contributed by atoms with Crippen LogP contribution in [0.3, 0.4) is 0 Å². The van der Waals surface area contributed by atoms with E-state index in [2.05, 4.69) is 6.07 Å². The first-order valence-corrected chi connectivity index (χ1v) is 9.58. The molecule has 0 bridgehead atoms. The molecule has 0 fully saturated rings. The van der Waals surface area contributed by atoms with E-state index in [9.17, 15) is 10.1 Å². The number of aliphatic carboxylic acids is 1. The predicted molar refractivity (Wildman–Crippen MR) is 112 cm³/mol. The van der Waals surface area contributed by atoms with Gasteiger partial charge in [0, 0.05) is 23.3 Å². The Balaban J connectivity index is 1.84. The van der Waals surface area contributed by atoms with Gasteiger partial charge in [-0.25, -0.2) is 0 Å². The summed E-state index contributed by atoms with van der Waals surface area (Å²) in [5.41, 5.74) is 5.19. The molecule has 5 nitrogen and oxygen atoms in total. The van der Waals surface area contributed by atoms with Crippen LogP contribution in [0.4, 0.5) is 0 Å². The quantitative estimate of drug-likeness (QED) is 0.581. The maximum Gasteiger partial charge on any atom is 0.303 e. The Bertz CT molecular complexity index is 1080. The van der Waals surface area contributed by atoms with Gasteiger partial charge in [-0.05, 0) is 73.4 Å². The lowest BCUT2D eigenvalue weighted by molar-refractivity contribution is -0.136. The summed E-state index contributed by atoms with van der Waals surface area (Å²) in [6.07, 6.45) is 2.43. The lowest BCUT2D eigenvalue weighted by Gasteiger charge is -2.16. The van der Waals surface area contributed by atoms with Gasteiger partial charge >= 0.3 is 5.97 Å². The molecular formula is C23H21ClN2O3. The van der Waals surface area contributed by atoms with E-state index < -0.39 is 5.97 Å². The van der Waals surface area contributed by atoms with E-state index in [0.29, 0.717) is 22.8 Å². The zero-order chi connectivity index (χ0) is 21.0. The molecule has 0 aliphatic heterocycles. The molecule has 0 spiro atoms. The molecular weight excluding hydrogens is 388 g/mol. The monoisotopic (exact) mass is 408 g/mol. The average molecular weight is 409 g/mol. The molecule has 148 valence electrons. The summed E-state index contributed by atoms with van der Waals surface area (Å²) in [5.74, 6) is -0.0938. The SMILES string of the molecule is Cc1c(CCC(=O)O)ccc(OCc2c(C#N)ccn2-c2ccc(Cl)cc2)c1C. The molecule has 2 aromatic carbocycles. The third-order valence-electron chi connectivity index (χ3n) is 5.04. The standard InChI is InChI=1S/C23H21ClN2O3/c1-15-16(2)22(9-3-17(15)4-10-23(27)28)29-14-21-18(13-25)11-12-26(21)20-7-5-19(24)6-8-20/h3,5-9,11-12H,4,10,14H2,1-2H3,(H,27,28). The van der Waals surface area contributed by atoms with Crippen LogP contribution in [0.1, 0.15) is 34.4 Å². The van der Waals surface area contributed by atoms with Crippen LogP contribution in [0.25, 0.3) is 5.69 Å². The van der Waals surface area contributed by atoms with Crippen LogP contribution in [0, 0.1) is 25.2 Å². The minimum Gasteiger partial charge on any atom is -0.487 e. The number of nitriles is 1. The van der Waals surface area contributed by atoms with Crippen molar-refractivity contribution < 1.29 is 14.6 Å². The van der Waals surface area contributed by atoms with E-state index >= 15 is 0 Å². The normalized spacial score (nSPS) is 10.6. The zero-order valence-electron chi connectivity index (χ0n) is 16.3. The molecule has 0 atom stereocenters. The van der Waals surface area contributed by atoms with Crippen LogP contribution in [0.5, 0.6) is 5.75 Å². The maximum atomic E-state index is 10.8. The van der Waals surface area contributed by atoms with Crippen molar-refractivity contribution in [3.8, 4) is 17.5 Å². The largest absolute Gasteiger partial charge is 0.487 e. The van der Waals surface area contributed by atoms with Crippen LogP contribution in [0.2, 0.25) is 5.02 Å². The summed E-state index contributed by atoms with van der Waals surface area (Å²) < 4.78 is 7.97. The second kappa shape index (κ2) is 8.85. The molecule has 0 aliphatic rings. The van der Waals surface area contributed by atoms with Crippen molar-refractivity contribution in [1.82, 2.24) is 4.57 Å². The molecule has 3 aromatic rings. The first-order valence-electron chi connectivity index (χ1n) is 9.20. The lowest BCUT2D eigenvalue weighted by atomic mass is 9.99. The number of ether oxygens (including phenoxy) is 1. The summed E-state index contributed by atoms with van der Waals surface area (Å²) >= 11 is 5.98. The van der Waals surface area contributed by atoms with E-state index in [0.717, 1.165) is 28.1 Å². The first kappa shape index (κ1) is 20.5. The minimum atomic E-state index is -0.811. The van der Waals surface area contributed by atoms with Gasteiger partial charge in [0.15, 0.2) is 0 Å². The van der Waals surface area contributed by atoms with E-state index in [1.807, 2.05) is 48.9 Å². The Morgan fingerprint density at radius 1 is 1.14 bits per heavy atom. The van der Waals surface area contributed by atoms with E-state index in [1.54, 1.807) is 18.2 Å². The average Bonchev–Trinajstić information content (AvgIpc) is 3.11. The van der Waals surface area contributed by atoms with E-state index in [-0.39, 0.29) is 13.0 Å². The smallest absolute Gasteiger partial charge is 0.303 e. The molecule has 1 aromatic heterocycles. The molecule has 0 saturated heterocycles. The van der Waals surface area contributed by atoms with Crippen molar-refractivity contribution in [2.24, 2.45) is 0 Å². The second-order valence-corrected chi connectivity index (χ2v) is 7.23. The van der Waals surface area contributed by atoms with Crippen LogP contribution < -0.4 is 4.74 Å². The second-order valence-electron chi connectivity index (χ2n) is 6.79. The van der Waals surface area contributed by atoms with Crippen molar-refractivity contribution in [3.05, 3.63) is 81.6 Å². The number of aromatic nitrogens is 1. The molecule has 1 N–H and O–H groups in total. The van der Waals surface area contributed by atoms with E-state index in [4.69, 9.17) is 21.4 Å². The number of nitrogens with zero attached hydrogens (tertiary/aromatic N) is 2. The van der Waals surface area contributed by atoms with Crippen LogP contribution >= 0.6 is 11.6 Å². The number of hydrogen-bond acceptors (Lipinski definition) is 3. The van der Waals surface area contributed by atoms with Crippen molar-refractivity contribution in [2.45, 2.75) is 33.3 Å². The number of benzene rings is 2. The van der Waals surface area contributed by atoms with Gasteiger partial charge in [-0.3, -0.25) is 4.79 Å². The number of carboxylic acid groups (broad SMARTS) is 1. The zero-order valence-corrected chi connectivity index (χ0v) is 17.0. The minimum absolute atomic E-state index is 0.0978. The summed E-state index contributed by atoms with van der Waals surface area (Å²) in [5, 5.41) is 19.0. The number of carboxylic acids is 1. The number of halogens is 1. The molecule has 0 aliphatic carbocycles. The Kier molecular flexibility index (Phi) is 6.26. The maximum absolute atomic E-state index is 10.8. The number of carbonyl (C=O) groups is 1. The Hall–Kier alpha value is -3.23. The van der Waals surface area contributed by atoms with Gasteiger partial charge in [-0.15, -0.1) is 0 Å². The summed E-state index contributed by atoms with van der Waals surface area (Å²) in [4.78, 5) is 10.8. The first-order chi connectivity index (χ1) is 13.9. The van der Waals surface area contributed by atoms with Gasteiger partial charge in [-0.1, -0.05) is 17.7 Å². The van der Waals surface area contributed by atoms with E-state index in [1.165, 1.54) is 0 Å². The van der Waals surface area contributed by atoms with Gasteiger partial charge in [-0.2, -0.15) is 5.26 Å². The number of hydrogen-bond donors (Lipinski definition) is 1. The molecule has 0 radical (unpaired) electrons. The fraction of sp³-hybridized carbons (Fsp3) is 0.217. The fourth-order valence-corrected chi connectivity index (χ4v) is 3.35. The van der Waals surface area contributed by atoms with Gasteiger partial charge in [0.2, 0.25) is 0 Å². The molecule has 3 rings (SSSR count). The summed E-state index contributed by atoms with van der Waals surface area (Å²) in [6.45, 7) is 4.15. The van der Waals surface area contributed by atoms with Crippen LogP contribution in [-0.4, -0.2) is 15.6 Å². The van der Waals surface area contributed by atoms with Crippen molar-refractivity contribution in [2.75, 3.05) is 0 Å². The Morgan fingerprint density at radius 2 is 1.86 bits per heavy atom. The third-order valence-corrected chi connectivity index (χ3v) is 5.29. The van der Waals surface area contributed by atoms with Gasteiger partial charge in [0.05, 0.1) is 11.3 Å². The van der Waals surface area contributed by atoms with Gasteiger partial charge in [0.1, 0.15) is 18.4 Å². The molecule has 0 amide bonds.